The molecule has 2 aromatic heterocycles. The summed E-state index contributed by atoms with van der Waals surface area (Å²) >= 11 is 0. The van der Waals surface area contributed by atoms with Gasteiger partial charge in [0.1, 0.15) is 5.69 Å². The van der Waals surface area contributed by atoms with E-state index in [9.17, 15) is 0 Å². The lowest BCUT2D eigenvalue weighted by molar-refractivity contribution is 0.338. The summed E-state index contributed by atoms with van der Waals surface area (Å²) in [7, 11) is 0. The van der Waals surface area contributed by atoms with E-state index in [0.29, 0.717) is 0 Å². The lowest BCUT2D eigenvalue weighted by Crippen LogP contribution is -2.53. The number of aliphatic imine (C=N–C) groups is 1. The molecule has 7 aromatic carbocycles. The molecule has 0 atom stereocenters. The van der Waals surface area contributed by atoms with Crippen LogP contribution in [-0.2, 0) is 0 Å². The third-order valence-electron chi connectivity index (χ3n) is 11.8. The van der Waals surface area contributed by atoms with E-state index < -0.39 is 0 Å². The second kappa shape index (κ2) is 12.0. The van der Waals surface area contributed by atoms with Crippen LogP contribution in [0.4, 0.5) is 5.69 Å². The molecule has 0 saturated heterocycles. The standard InChI is InChI=1S/C50H40N4/c1-49(2)50(3,4)54(39-19-9-6-10-20-39)48(52-49)44-28-26-37(32-51-44)43-31-46-47(41-22-14-13-21-40(41)43)42-27-25-36(30-45(42)53(46)38-17-7-5-8-18-38)35-24-23-33-15-11-12-16-34(33)29-35/h5-32H,1-4H3. The zero-order chi connectivity index (χ0) is 36.6. The average Bonchev–Trinajstić information content (AvgIpc) is 3.64. The van der Waals surface area contributed by atoms with Gasteiger partial charge in [-0.15, -0.1) is 0 Å². The fourth-order valence-corrected chi connectivity index (χ4v) is 8.39. The molecule has 0 spiro atoms. The van der Waals surface area contributed by atoms with E-state index in [-0.39, 0.29) is 11.1 Å². The van der Waals surface area contributed by atoms with Crippen molar-refractivity contribution in [3.63, 3.8) is 0 Å². The number of benzene rings is 7. The lowest BCUT2D eigenvalue weighted by Gasteiger charge is -2.41. The van der Waals surface area contributed by atoms with Gasteiger partial charge in [0.15, 0.2) is 5.84 Å². The fourth-order valence-electron chi connectivity index (χ4n) is 8.39. The lowest BCUT2D eigenvalue weighted by atomic mass is 9.83. The number of hydrogen-bond acceptors (Lipinski definition) is 3. The number of hydrogen-bond donors (Lipinski definition) is 0. The summed E-state index contributed by atoms with van der Waals surface area (Å²) in [6.45, 7) is 8.95. The number of nitrogens with zero attached hydrogens (tertiary/aromatic N) is 4. The number of pyridine rings is 1. The van der Waals surface area contributed by atoms with Gasteiger partial charge in [-0.3, -0.25) is 9.98 Å². The highest BCUT2D eigenvalue weighted by Gasteiger charge is 2.50. The molecule has 0 N–H and O–H groups in total. The van der Waals surface area contributed by atoms with E-state index in [1.165, 1.54) is 54.5 Å². The highest BCUT2D eigenvalue weighted by atomic mass is 15.3. The van der Waals surface area contributed by atoms with Crippen LogP contribution in [0.2, 0.25) is 0 Å². The first-order valence-corrected chi connectivity index (χ1v) is 18.7. The summed E-state index contributed by atoms with van der Waals surface area (Å²) in [4.78, 5) is 12.8. The van der Waals surface area contributed by atoms with Crippen LogP contribution in [0.5, 0.6) is 0 Å². The van der Waals surface area contributed by atoms with Gasteiger partial charge in [0.05, 0.1) is 22.1 Å². The molecule has 0 amide bonds. The minimum absolute atomic E-state index is 0.246. The normalized spacial score (nSPS) is 15.0. The van der Waals surface area contributed by atoms with Gasteiger partial charge in [-0.25, -0.2) is 0 Å². The van der Waals surface area contributed by atoms with Crippen molar-refractivity contribution in [2.45, 2.75) is 38.8 Å². The Morgan fingerprint density at radius 2 is 1.11 bits per heavy atom. The van der Waals surface area contributed by atoms with Crippen LogP contribution in [0.25, 0.3) is 71.3 Å². The van der Waals surface area contributed by atoms with Gasteiger partial charge in [-0.05, 0) is 114 Å². The number of rotatable bonds is 5. The van der Waals surface area contributed by atoms with Gasteiger partial charge in [0.2, 0.25) is 0 Å². The number of para-hydroxylation sites is 2. The smallest absolute Gasteiger partial charge is 0.155 e. The summed E-state index contributed by atoms with van der Waals surface area (Å²) in [5.41, 5.74) is 9.55. The first kappa shape index (κ1) is 32.2. The van der Waals surface area contributed by atoms with Crippen molar-refractivity contribution in [3.8, 4) is 27.9 Å². The summed E-state index contributed by atoms with van der Waals surface area (Å²) in [5.74, 6) is 0.898. The summed E-state index contributed by atoms with van der Waals surface area (Å²) in [6.07, 6.45) is 2.03. The highest BCUT2D eigenvalue weighted by Crippen LogP contribution is 2.44. The average molecular weight is 697 g/mol. The quantitative estimate of drug-likeness (QED) is 0.179. The minimum atomic E-state index is -0.307. The molecule has 9 aromatic rings. The van der Waals surface area contributed by atoms with E-state index in [1.54, 1.807) is 0 Å². The monoisotopic (exact) mass is 696 g/mol. The second-order valence-corrected chi connectivity index (χ2v) is 15.5. The molecule has 0 fully saturated rings. The Labute approximate surface area is 315 Å². The number of fused-ring (bicyclic) bond motifs is 6. The molecule has 1 aliphatic rings. The van der Waals surface area contributed by atoms with Crippen molar-refractivity contribution in [3.05, 3.63) is 176 Å². The van der Waals surface area contributed by atoms with Crippen molar-refractivity contribution in [1.82, 2.24) is 9.55 Å². The Bertz CT molecular complexity index is 2920. The van der Waals surface area contributed by atoms with Crippen molar-refractivity contribution < 1.29 is 0 Å². The predicted octanol–water partition coefficient (Wildman–Crippen LogP) is 12.6. The maximum absolute atomic E-state index is 5.28. The third-order valence-corrected chi connectivity index (χ3v) is 11.8. The van der Waals surface area contributed by atoms with Gasteiger partial charge in [0.25, 0.3) is 0 Å². The van der Waals surface area contributed by atoms with Crippen molar-refractivity contribution >= 4 is 54.9 Å². The number of amidine groups is 1. The topological polar surface area (TPSA) is 33.4 Å². The molecule has 4 heteroatoms. The van der Waals surface area contributed by atoms with Crippen molar-refractivity contribution in [1.29, 1.82) is 0 Å². The molecule has 1 aliphatic heterocycles. The molecule has 0 radical (unpaired) electrons. The molecule has 260 valence electrons. The Hall–Kier alpha value is -6.52. The summed E-state index contributed by atoms with van der Waals surface area (Å²) < 4.78 is 2.43. The first-order valence-electron chi connectivity index (χ1n) is 18.7. The van der Waals surface area contributed by atoms with E-state index in [4.69, 9.17) is 9.98 Å². The van der Waals surface area contributed by atoms with Crippen molar-refractivity contribution in [2.24, 2.45) is 4.99 Å². The van der Waals surface area contributed by atoms with Gasteiger partial charge < -0.3 is 9.47 Å². The number of anilines is 1. The van der Waals surface area contributed by atoms with Gasteiger partial charge >= 0.3 is 0 Å². The van der Waals surface area contributed by atoms with Gasteiger partial charge in [-0.2, -0.15) is 0 Å². The minimum Gasteiger partial charge on any atom is -0.317 e. The zero-order valence-corrected chi connectivity index (χ0v) is 31.0. The van der Waals surface area contributed by atoms with E-state index in [1.807, 2.05) is 6.20 Å². The van der Waals surface area contributed by atoms with Crippen LogP contribution in [-0.4, -0.2) is 26.5 Å². The molecule has 4 nitrogen and oxygen atoms in total. The zero-order valence-electron chi connectivity index (χ0n) is 31.0. The first-order chi connectivity index (χ1) is 26.3. The van der Waals surface area contributed by atoms with Crippen LogP contribution in [0.1, 0.15) is 33.4 Å². The van der Waals surface area contributed by atoms with Crippen molar-refractivity contribution in [2.75, 3.05) is 4.90 Å². The van der Waals surface area contributed by atoms with E-state index in [2.05, 4.69) is 201 Å². The van der Waals surface area contributed by atoms with Crippen LogP contribution >= 0.6 is 0 Å². The molecule has 10 rings (SSSR count). The Morgan fingerprint density at radius 3 is 1.85 bits per heavy atom. The maximum Gasteiger partial charge on any atom is 0.155 e. The molecule has 0 saturated carbocycles. The number of aromatic nitrogens is 2. The molecule has 0 aliphatic carbocycles. The Balaban J connectivity index is 1.16. The van der Waals surface area contributed by atoms with Crippen LogP contribution in [0, 0.1) is 0 Å². The molecule has 3 heterocycles. The molecule has 0 unspecified atom stereocenters. The predicted molar refractivity (Wildman–Crippen MR) is 228 cm³/mol. The summed E-state index contributed by atoms with van der Waals surface area (Å²) in [6, 6.07) is 59.1. The van der Waals surface area contributed by atoms with Crippen LogP contribution in [0.3, 0.4) is 0 Å². The fraction of sp³-hybridized carbons (Fsp3) is 0.120. The molecular weight excluding hydrogens is 657 g/mol. The Kier molecular flexibility index (Phi) is 7.15. The van der Waals surface area contributed by atoms with Gasteiger partial charge in [-0.1, -0.05) is 115 Å². The van der Waals surface area contributed by atoms with E-state index >= 15 is 0 Å². The summed E-state index contributed by atoms with van der Waals surface area (Å²) in [5, 5.41) is 7.42. The molecule has 54 heavy (non-hydrogen) atoms. The Morgan fingerprint density at radius 1 is 0.481 bits per heavy atom. The third kappa shape index (κ3) is 4.90. The molecule has 0 bridgehead atoms. The maximum atomic E-state index is 5.28. The second-order valence-electron chi connectivity index (χ2n) is 15.5. The highest BCUT2D eigenvalue weighted by molar-refractivity contribution is 6.24. The SMILES string of the molecule is CC1(C)N=C(c2ccc(-c3cc4c(c5ccccc35)c3ccc(-c5ccc6ccccc6c5)cc3n4-c3ccccc3)cn2)N(c2ccccc2)C1(C)C. The van der Waals surface area contributed by atoms with Crippen LogP contribution in [0.15, 0.2) is 175 Å². The van der Waals surface area contributed by atoms with E-state index in [0.717, 1.165) is 34.0 Å². The van der Waals surface area contributed by atoms with Gasteiger partial charge in [0, 0.05) is 33.9 Å². The largest absolute Gasteiger partial charge is 0.317 e. The van der Waals surface area contributed by atoms with Crippen LogP contribution < -0.4 is 4.90 Å². The molecular formula is C50H40N4.